The third-order valence-electron chi connectivity index (χ3n) is 4.39. The number of nitrogens with zero attached hydrogens (tertiary/aromatic N) is 3. The van der Waals surface area contributed by atoms with E-state index < -0.39 is 0 Å². The third kappa shape index (κ3) is 4.89. The number of aromatic nitrogens is 3. The van der Waals surface area contributed by atoms with E-state index in [0.717, 1.165) is 5.56 Å². The lowest BCUT2D eigenvalue weighted by Gasteiger charge is -2.19. The summed E-state index contributed by atoms with van der Waals surface area (Å²) in [6.07, 6.45) is 0. The van der Waals surface area contributed by atoms with E-state index in [1.54, 1.807) is 19.2 Å². The number of thioether (sulfide) groups is 1. The summed E-state index contributed by atoms with van der Waals surface area (Å²) in [5.74, 6) is 7.29. The van der Waals surface area contributed by atoms with Crippen LogP contribution in [0.15, 0.2) is 53.7 Å². The third-order valence-corrected chi connectivity index (χ3v) is 5.33. The van der Waals surface area contributed by atoms with Crippen molar-refractivity contribution in [3.05, 3.63) is 54.1 Å². The van der Waals surface area contributed by atoms with Crippen LogP contribution in [-0.4, -0.2) is 33.6 Å². The molecule has 0 aliphatic rings. The van der Waals surface area contributed by atoms with Crippen molar-refractivity contribution in [1.29, 1.82) is 0 Å². The van der Waals surface area contributed by atoms with Gasteiger partial charge < -0.3 is 15.9 Å². The summed E-state index contributed by atoms with van der Waals surface area (Å²) in [7, 11) is 1.56. The van der Waals surface area contributed by atoms with Crippen LogP contribution in [0.2, 0.25) is 0 Å². The highest BCUT2D eigenvalue weighted by Gasteiger charge is 2.17. The molecule has 7 nitrogen and oxygen atoms in total. The lowest BCUT2D eigenvalue weighted by Crippen LogP contribution is -2.17. The van der Waals surface area contributed by atoms with Crippen LogP contribution in [0.25, 0.3) is 11.4 Å². The number of hydrogen-bond acceptors (Lipinski definition) is 6. The van der Waals surface area contributed by atoms with E-state index in [4.69, 9.17) is 10.6 Å². The maximum Gasteiger partial charge on any atom is 0.234 e. The Bertz CT molecular complexity index is 993. The van der Waals surface area contributed by atoms with Gasteiger partial charge in [-0.15, -0.1) is 10.2 Å². The number of amides is 1. The summed E-state index contributed by atoms with van der Waals surface area (Å²) in [5.41, 5.74) is 2.80. The molecule has 0 atom stereocenters. The number of ether oxygens (including phenoxy) is 1. The molecule has 0 saturated heterocycles. The number of carbonyl (C=O) groups is 1. The molecule has 1 aromatic heterocycles. The maximum absolute atomic E-state index is 12.3. The smallest absolute Gasteiger partial charge is 0.234 e. The van der Waals surface area contributed by atoms with Crippen LogP contribution in [-0.2, 0) is 10.2 Å². The topological polar surface area (TPSA) is 95.1 Å². The van der Waals surface area contributed by atoms with Crippen LogP contribution >= 0.6 is 11.8 Å². The largest absolute Gasteiger partial charge is 0.495 e. The highest BCUT2D eigenvalue weighted by atomic mass is 32.2. The molecule has 8 heteroatoms. The minimum absolute atomic E-state index is 0.0741. The molecule has 1 heterocycles. The van der Waals surface area contributed by atoms with Crippen LogP contribution in [0.3, 0.4) is 0 Å². The Kier molecular flexibility index (Phi) is 6.12. The van der Waals surface area contributed by atoms with E-state index in [1.807, 2.05) is 24.3 Å². The van der Waals surface area contributed by atoms with Gasteiger partial charge in [0.1, 0.15) is 5.75 Å². The second kappa shape index (κ2) is 8.57. The van der Waals surface area contributed by atoms with Crippen LogP contribution in [0.4, 0.5) is 5.69 Å². The van der Waals surface area contributed by atoms with Crippen molar-refractivity contribution in [3.8, 4) is 17.1 Å². The summed E-state index contributed by atoms with van der Waals surface area (Å²) >= 11 is 1.22. The number of benzene rings is 2. The average Bonchev–Trinajstić information content (AvgIpc) is 3.06. The average molecular weight is 412 g/mol. The van der Waals surface area contributed by atoms with Crippen LogP contribution < -0.4 is 15.9 Å². The number of nitrogens with one attached hydrogen (secondary N) is 1. The number of nitrogens with two attached hydrogens (primary N) is 1. The van der Waals surface area contributed by atoms with Crippen molar-refractivity contribution in [1.82, 2.24) is 14.9 Å². The van der Waals surface area contributed by atoms with Gasteiger partial charge in [-0.3, -0.25) is 4.79 Å². The minimum atomic E-state index is -0.182. The van der Waals surface area contributed by atoms with Crippen molar-refractivity contribution in [2.24, 2.45) is 0 Å². The summed E-state index contributed by atoms with van der Waals surface area (Å²) in [5, 5.41) is 11.6. The van der Waals surface area contributed by atoms with Gasteiger partial charge in [0.15, 0.2) is 5.82 Å². The normalized spacial score (nSPS) is 11.3. The Morgan fingerprint density at radius 3 is 2.48 bits per heavy atom. The van der Waals surface area contributed by atoms with E-state index in [1.165, 1.54) is 22.0 Å². The number of para-hydroxylation sites is 2. The molecule has 0 radical (unpaired) electrons. The highest BCUT2D eigenvalue weighted by Crippen LogP contribution is 2.27. The first kappa shape index (κ1) is 20.7. The summed E-state index contributed by atoms with van der Waals surface area (Å²) in [4.78, 5) is 12.3. The molecule has 3 N–H and O–H groups in total. The van der Waals surface area contributed by atoms with E-state index >= 15 is 0 Å². The standard InChI is InChI=1S/C21H25N5O2S/c1-21(2,3)15-11-9-14(10-12-15)19-24-25-20(26(19)22)29-13-18(27)23-16-7-5-6-8-17(16)28-4/h5-12H,13,22H2,1-4H3,(H,23,27). The fraction of sp³-hybridized carbons (Fsp3) is 0.286. The first-order valence-corrected chi connectivity index (χ1v) is 10.1. The molecular weight excluding hydrogens is 386 g/mol. The molecular formula is C21H25N5O2S. The zero-order chi connectivity index (χ0) is 21.0. The fourth-order valence-corrected chi connectivity index (χ4v) is 3.41. The van der Waals surface area contributed by atoms with E-state index in [-0.39, 0.29) is 17.1 Å². The van der Waals surface area contributed by atoms with Gasteiger partial charge in [0.25, 0.3) is 0 Å². The van der Waals surface area contributed by atoms with Crippen LogP contribution in [0.5, 0.6) is 5.75 Å². The molecule has 0 saturated carbocycles. The molecule has 0 unspecified atom stereocenters. The van der Waals surface area contributed by atoms with Crippen molar-refractivity contribution in [2.75, 3.05) is 24.0 Å². The Hall–Kier alpha value is -3.00. The molecule has 0 fully saturated rings. The summed E-state index contributed by atoms with van der Waals surface area (Å²) in [6, 6.07) is 15.3. The van der Waals surface area contributed by atoms with Crippen molar-refractivity contribution >= 4 is 23.4 Å². The summed E-state index contributed by atoms with van der Waals surface area (Å²) in [6.45, 7) is 6.49. The van der Waals surface area contributed by atoms with Gasteiger partial charge in [-0.05, 0) is 23.1 Å². The van der Waals surface area contributed by atoms with Gasteiger partial charge in [0, 0.05) is 5.56 Å². The van der Waals surface area contributed by atoms with E-state index in [0.29, 0.717) is 22.4 Å². The second-order valence-electron chi connectivity index (χ2n) is 7.54. The molecule has 1 amide bonds. The maximum atomic E-state index is 12.3. The number of anilines is 1. The zero-order valence-electron chi connectivity index (χ0n) is 17.0. The van der Waals surface area contributed by atoms with E-state index in [9.17, 15) is 4.79 Å². The van der Waals surface area contributed by atoms with Gasteiger partial charge >= 0.3 is 0 Å². The molecule has 0 aliphatic heterocycles. The monoisotopic (exact) mass is 411 g/mol. The highest BCUT2D eigenvalue weighted by molar-refractivity contribution is 7.99. The number of carbonyl (C=O) groups excluding carboxylic acids is 1. The van der Waals surface area contributed by atoms with Crippen molar-refractivity contribution in [2.45, 2.75) is 31.3 Å². The Morgan fingerprint density at radius 2 is 1.83 bits per heavy atom. The molecule has 0 bridgehead atoms. The predicted octanol–water partition coefficient (Wildman–Crippen LogP) is 3.70. The number of nitrogen functional groups attached to an aromatic ring is 1. The lowest BCUT2D eigenvalue weighted by atomic mass is 9.87. The van der Waals surface area contributed by atoms with Crippen LogP contribution in [0.1, 0.15) is 26.3 Å². The van der Waals surface area contributed by atoms with Crippen LogP contribution in [0, 0.1) is 0 Å². The summed E-state index contributed by atoms with van der Waals surface area (Å²) < 4.78 is 6.65. The van der Waals surface area contributed by atoms with Gasteiger partial charge in [-0.2, -0.15) is 0 Å². The number of rotatable bonds is 6. The number of hydrogen-bond donors (Lipinski definition) is 2. The molecule has 3 rings (SSSR count). The molecule has 2 aromatic carbocycles. The first-order valence-electron chi connectivity index (χ1n) is 9.16. The Labute approximate surface area is 174 Å². The molecule has 0 aliphatic carbocycles. The quantitative estimate of drug-likeness (QED) is 0.474. The van der Waals surface area contributed by atoms with Gasteiger partial charge in [-0.1, -0.05) is 68.9 Å². The predicted molar refractivity (Wildman–Crippen MR) is 117 cm³/mol. The fourth-order valence-electron chi connectivity index (χ4n) is 2.76. The molecule has 0 spiro atoms. The molecule has 29 heavy (non-hydrogen) atoms. The second-order valence-corrected chi connectivity index (χ2v) is 8.48. The zero-order valence-corrected chi connectivity index (χ0v) is 17.8. The Balaban J connectivity index is 1.66. The van der Waals surface area contributed by atoms with Crippen molar-refractivity contribution in [3.63, 3.8) is 0 Å². The first-order chi connectivity index (χ1) is 13.8. The van der Waals surface area contributed by atoms with Gasteiger partial charge in [0.05, 0.1) is 18.6 Å². The van der Waals surface area contributed by atoms with Crippen molar-refractivity contribution < 1.29 is 9.53 Å². The van der Waals surface area contributed by atoms with Gasteiger partial charge in [-0.25, -0.2) is 4.68 Å². The molecule has 3 aromatic rings. The minimum Gasteiger partial charge on any atom is -0.495 e. The molecule has 152 valence electrons. The SMILES string of the molecule is COc1ccccc1NC(=O)CSc1nnc(-c2ccc(C(C)(C)C)cc2)n1N. The van der Waals surface area contributed by atoms with Gasteiger partial charge in [0.2, 0.25) is 11.1 Å². The lowest BCUT2D eigenvalue weighted by molar-refractivity contribution is -0.113. The van der Waals surface area contributed by atoms with E-state index in [2.05, 4.69) is 48.4 Å². The Morgan fingerprint density at radius 1 is 1.14 bits per heavy atom. The number of methoxy groups -OCH3 is 1.